The van der Waals surface area contributed by atoms with E-state index in [9.17, 15) is 20.2 Å². The van der Waals surface area contributed by atoms with Gasteiger partial charge < -0.3 is 10.1 Å². The average Bonchev–Trinajstić information content (AvgIpc) is 2.08. The fourth-order valence-electron chi connectivity index (χ4n) is 0.808. The van der Waals surface area contributed by atoms with Crippen molar-refractivity contribution in [3.8, 4) is 0 Å². The van der Waals surface area contributed by atoms with Crippen LogP contribution < -0.4 is 0 Å². The smallest absolute Gasteiger partial charge is 0.358 e. The number of H-pyrrole nitrogens is 1. The van der Waals surface area contributed by atoms with Crippen LogP contribution >= 0.6 is 24.8 Å². The first-order chi connectivity index (χ1) is 6.45. The predicted molar refractivity (Wildman–Crippen MR) is 52.2 cm³/mol. The summed E-state index contributed by atoms with van der Waals surface area (Å²) in [6.45, 7) is 0. The van der Waals surface area contributed by atoms with Gasteiger partial charge in [0.2, 0.25) is 0 Å². The van der Waals surface area contributed by atoms with E-state index < -0.39 is 21.4 Å². The Labute approximate surface area is 87.5 Å². The lowest BCUT2D eigenvalue weighted by molar-refractivity contribution is -0.426. The van der Waals surface area contributed by atoms with E-state index in [2.05, 4.69) is 29.8 Å². The number of thiol groups is 1. The molecule has 0 unspecified atom stereocenters. The number of nitro groups is 2. The van der Waals surface area contributed by atoms with Gasteiger partial charge in [-0.1, -0.05) is 12.2 Å². The third kappa shape index (κ3) is 1.72. The SMILES string of the molecule is O=[N+]([O-])c1[nH]cc(S)c(=S)c1[N+](=O)[O-]. The second-order valence-electron chi connectivity index (χ2n) is 2.21. The summed E-state index contributed by atoms with van der Waals surface area (Å²) in [5, 5.41) is 20.9. The van der Waals surface area contributed by atoms with Gasteiger partial charge in [0, 0.05) is 0 Å². The molecule has 1 heterocycles. The van der Waals surface area contributed by atoms with Gasteiger partial charge in [-0.15, -0.1) is 12.6 Å². The molecule has 0 aliphatic heterocycles. The van der Waals surface area contributed by atoms with Crippen LogP contribution in [-0.2, 0) is 0 Å². The fraction of sp³-hybridized carbons (Fsp3) is 0. The van der Waals surface area contributed by atoms with Crippen LogP contribution in [0.4, 0.5) is 11.5 Å². The molecule has 0 amide bonds. The van der Waals surface area contributed by atoms with Gasteiger partial charge in [0.15, 0.2) is 0 Å². The molecule has 0 spiro atoms. The Bertz CT molecular complexity index is 469. The third-order valence-corrected chi connectivity index (χ3v) is 2.30. The lowest BCUT2D eigenvalue weighted by Gasteiger charge is -1.97. The lowest BCUT2D eigenvalue weighted by atomic mass is 10.4. The summed E-state index contributed by atoms with van der Waals surface area (Å²) in [6.07, 6.45) is 1.14. The Kier molecular flexibility index (Phi) is 2.81. The van der Waals surface area contributed by atoms with Crippen molar-refractivity contribution >= 4 is 36.4 Å². The molecule has 0 bridgehead atoms. The van der Waals surface area contributed by atoms with Crippen LogP contribution in [0.5, 0.6) is 0 Å². The van der Waals surface area contributed by atoms with Crippen molar-refractivity contribution in [2.24, 2.45) is 0 Å². The highest BCUT2D eigenvalue weighted by Crippen LogP contribution is 2.28. The zero-order chi connectivity index (χ0) is 10.9. The van der Waals surface area contributed by atoms with Gasteiger partial charge in [-0.3, -0.25) is 10.1 Å². The molecule has 0 radical (unpaired) electrons. The van der Waals surface area contributed by atoms with Gasteiger partial charge in [0.25, 0.3) is 0 Å². The van der Waals surface area contributed by atoms with Crippen LogP contribution in [0.15, 0.2) is 11.1 Å². The number of rotatable bonds is 2. The van der Waals surface area contributed by atoms with Crippen LogP contribution in [-0.4, -0.2) is 14.8 Å². The minimum Gasteiger partial charge on any atom is -0.358 e. The molecule has 14 heavy (non-hydrogen) atoms. The van der Waals surface area contributed by atoms with Crippen molar-refractivity contribution in [1.29, 1.82) is 0 Å². The van der Waals surface area contributed by atoms with Gasteiger partial charge >= 0.3 is 11.5 Å². The average molecular weight is 233 g/mol. The zero-order valence-corrected chi connectivity index (χ0v) is 8.17. The van der Waals surface area contributed by atoms with Gasteiger partial charge in [-0.2, -0.15) is 0 Å². The maximum Gasteiger partial charge on any atom is 0.401 e. The second-order valence-corrected chi connectivity index (χ2v) is 3.10. The number of aromatic amines is 1. The standard InChI is InChI=1S/C5H3N3O4S2/c9-7(10)3-4(14)2(13)1-6-5(3)8(11)12/h1,13H,(H,6,14). The number of aromatic nitrogens is 1. The Morgan fingerprint density at radius 2 is 1.93 bits per heavy atom. The lowest BCUT2D eigenvalue weighted by Crippen LogP contribution is -2.00. The first-order valence-corrected chi connectivity index (χ1v) is 4.04. The molecule has 1 aromatic heterocycles. The van der Waals surface area contributed by atoms with Crippen molar-refractivity contribution in [3.05, 3.63) is 30.9 Å². The van der Waals surface area contributed by atoms with E-state index in [1.807, 2.05) is 0 Å². The molecule has 7 nitrogen and oxygen atoms in total. The van der Waals surface area contributed by atoms with E-state index in [0.717, 1.165) is 6.20 Å². The Morgan fingerprint density at radius 1 is 1.36 bits per heavy atom. The molecule has 0 aliphatic carbocycles. The highest BCUT2D eigenvalue weighted by molar-refractivity contribution is 7.81. The number of nitrogens with one attached hydrogen (secondary N) is 1. The largest absolute Gasteiger partial charge is 0.401 e. The summed E-state index contributed by atoms with van der Waals surface area (Å²) in [4.78, 5) is 21.3. The van der Waals surface area contributed by atoms with E-state index in [0.29, 0.717) is 0 Å². The molecule has 0 saturated carbocycles. The van der Waals surface area contributed by atoms with Gasteiger partial charge in [-0.25, -0.2) is 4.98 Å². The molecule has 0 fully saturated rings. The van der Waals surface area contributed by atoms with Crippen LogP contribution in [0.2, 0.25) is 0 Å². The maximum absolute atomic E-state index is 10.5. The molecular formula is C5H3N3O4S2. The molecular weight excluding hydrogens is 230 g/mol. The minimum absolute atomic E-state index is 0.123. The first kappa shape index (κ1) is 10.6. The van der Waals surface area contributed by atoms with E-state index in [1.54, 1.807) is 0 Å². The Balaban J connectivity index is 3.62. The summed E-state index contributed by atoms with van der Waals surface area (Å²) in [7, 11) is 0. The summed E-state index contributed by atoms with van der Waals surface area (Å²) in [6, 6.07) is 0. The number of hydrogen-bond donors (Lipinski definition) is 2. The maximum atomic E-state index is 10.5. The number of pyridine rings is 1. The van der Waals surface area contributed by atoms with E-state index in [1.165, 1.54) is 0 Å². The van der Waals surface area contributed by atoms with Crippen molar-refractivity contribution in [2.75, 3.05) is 0 Å². The molecule has 1 aromatic rings. The summed E-state index contributed by atoms with van der Waals surface area (Å²) >= 11 is 8.45. The van der Waals surface area contributed by atoms with E-state index in [-0.39, 0.29) is 9.41 Å². The molecule has 0 aliphatic rings. The molecule has 0 saturated heterocycles. The molecule has 0 aromatic carbocycles. The zero-order valence-electron chi connectivity index (χ0n) is 6.46. The predicted octanol–water partition coefficient (Wildman–Crippen LogP) is 1.85. The highest BCUT2D eigenvalue weighted by Gasteiger charge is 2.26. The number of nitrogens with zero attached hydrogens (tertiary/aromatic N) is 2. The molecule has 74 valence electrons. The summed E-state index contributed by atoms with van der Waals surface area (Å²) < 4.78 is -0.246. The van der Waals surface area contributed by atoms with Crippen molar-refractivity contribution in [2.45, 2.75) is 4.90 Å². The first-order valence-electron chi connectivity index (χ1n) is 3.18. The minimum atomic E-state index is -0.906. The molecule has 1 rings (SSSR count). The monoisotopic (exact) mass is 233 g/mol. The molecule has 0 atom stereocenters. The van der Waals surface area contributed by atoms with E-state index >= 15 is 0 Å². The van der Waals surface area contributed by atoms with Crippen LogP contribution in [0.25, 0.3) is 0 Å². The summed E-state index contributed by atoms with van der Waals surface area (Å²) in [5.41, 5.74) is -0.738. The van der Waals surface area contributed by atoms with Crippen LogP contribution in [0.3, 0.4) is 0 Å². The Morgan fingerprint density at radius 3 is 2.36 bits per heavy atom. The van der Waals surface area contributed by atoms with Crippen LogP contribution in [0, 0.1) is 24.7 Å². The molecule has 9 heteroatoms. The Hall–Kier alpha value is -1.48. The quantitative estimate of drug-likeness (QED) is 0.351. The van der Waals surface area contributed by atoms with Crippen LogP contribution in [0.1, 0.15) is 0 Å². The van der Waals surface area contributed by atoms with Crippen molar-refractivity contribution in [3.63, 3.8) is 0 Å². The number of hydrogen-bond acceptors (Lipinski definition) is 6. The normalized spacial score (nSPS) is 9.79. The van der Waals surface area contributed by atoms with Gasteiger partial charge in [0.1, 0.15) is 10.7 Å². The van der Waals surface area contributed by atoms with Gasteiger partial charge in [0.05, 0.1) is 9.82 Å². The third-order valence-electron chi connectivity index (χ3n) is 1.38. The fourth-order valence-corrected chi connectivity index (χ4v) is 1.21. The summed E-state index contributed by atoms with van der Waals surface area (Å²) in [5.74, 6) is -0.738. The second kappa shape index (κ2) is 3.72. The van der Waals surface area contributed by atoms with Crippen molar-refractivity contribution < 1.29 is 9.85 Å². The topological polar surface area (TPSA) is 102 Å². The van der Waals surface area contributed by atoms with E-state index in [4.69, 9.17) is 0 Å². The van der Waals surface area contributed by atoms with Crippen molar-refractivity contribution in [1.82, 2.24) is 4.98 Å². The molecule has 1 N–H and O–H groups in total. The van der Waals surface area contributed by atoms with Gasteiger partial charge in [-0.05, 0) is 4.92 Å². The highest BCUT2D eigenvalue weighted by atomic mass is 32.1.